The van der Waals surface area contributed by atoms with E-state index in [0.29, 0.717) is 22.9 Å². The average molecular weight is 320 g/mol. The maximum Gasteiger partial charge on any atom is 0.337 e. The summed E-state index contributed by atoms with van der Waals surface area (Å²) in [6.07, 6.45) is 0.605. The van der Waals surface area contributed by atoms with Crippen molar-refractivity contribution in [2.24, 2.45) is 0 Å². The first kappa shape index (κ1) is 14.3. The molecule has 118 valence electrons. The number of carboxylic acids is 2. The predicted molar refractivity (Wildman–Crippen MR) is 87.2 cm³/mol. The fourth-order valence-corrected chi connectivity index (χ4v) is 3.19. The lowest BCUT2D eigenvalue weighted by Crippen LogP contribution is -2.10. The zero-order chi connectivity index (χ0) is 16.8. The quantitative estimate of drug-likeness (QED) is 0.584. The standard InChI is InChI=1S/C19H12O5/c20-18(21)13-6-5-11-12(17(13)19(22)23)7-8-16-14(11)9-10-3-1-2-4-15(10)24-16/h1-8H,9H2,(H,20,21)(H,22,23). The third-order valence-electron chi connectivity index (χ3n) is 4.27. The number of benzene rings is 3. The van der Waals surface area contributed by atoms with E-state index in [4.69, 9.17) is 4.74 Å². The smallest absolute Gasteiger partial charge is 0.337 e. The first-order chi connectivity index (χ1) is 11.6. The molecule has 0 atom stereocenters. The second kappa shape index (κ2) is 5.09. The minimum absolute atomic E-state index is 0.193. The number of hydrogen-bond acceptors (Lipinski definition) is 3. The van der Waals surface area contributed by atoms with Crippen LogP contribution in [0.3, 0.4) is 0 Å². The van der Waals surface area contributed by atoms with Crippen LogP contribution in [0.5, 0.6) is 11.5 Å². The molecule has 0 aromatic heterocycles. The Balaban J connectivity index is 2.00. The lowest BCUT2D eigenvalue weighted by molar-refractivity contribution is 0.0653. The van der Waals surface area contributed by atoms with Crippen LogP contribution in [0.15, 0.2) is 48.5 Å². The van der Waals surface area contributed by atoms with E-state index >= 15 is 0 Å². The van der Waals surface area contributed by atoms with E-state index in [0.717, 1.165) is 16.9 Å². The van der Waals surface area contributed by atoms with Crippen molar-refractivity contribution in [3.8, 4) is 11.5 Å². The Morgan fingerprint density at radius 3 is 2.33 bits per heavy atom. The third-order valence-corrected chi connectivity index (χ3v) is 4.27. The Labute approximate surface area is 136 Å². The predicted octanol–water partition coefficient (Wildman–Crippen LogP) is 3.93. The van der Waals surface area contributed by atoms with Gasteiger partial charge in [-0.05, 0) is 40.6 Å². The molecule has 3 aromatic rings. The molecule has 0 amide bonds. The third kappa shape index (κ3) is 2.02. The zero-order valence-corrected chi connectivity index (χ0v) is 12.4. The number of para-hydroxylation sites is 1. The molecule has 1 heterocycles. The summed E-state index contributed by atoms with van der Waals surface area (Å²) in [4.78, 5) is 22.9. The van der Waals surface area contributed by atoms with E-state index in [-0.39, 0.29) is 11.1 Å². The largest absolute Gasteiger partial charge is 0.478 e. The van der Waals surface area contributed by atoms with E-state index in [1.165, 1.54) is 6.07 Å². The zero-order valence-electron chi connectivity index (χ0n) is 12.4. The Morgan fingerprint density at radius 1 is 0.833 bits per heavy atom. The molecule has 0 bridgehead atoms. The van der Waals surface area contributed by atoms with Gasteiger partial charge in [0.2, 0.25) is 0 Å². The van der Waals surface area contributed by atoms with Crippen LogP contribution in [0.1, 0.15) is 31.8 Å². The minimum atomic E-state index is -1.26. The molecule has 0 radical (unpaired) electrons. The van der Waals surface area contributed by atoms with Crippen LogP contribution >= 0.6 is 0 Å². The number of carbonyl (C=O) groups is 2. The normalized spacial score (nSPS) is 12.2. The van der Waals surface area contributed by atoms with Gasteiger partial charge in [0.25, 0.3) is 0 Å². The van der Waals surface area contributed by atoms with Crippen LogP contribution in [-0.4, -0.2) is 22.2 Å². The highest BCUT2D eigenvalue weighted by molar-refractivity contribution is 6.12. The van der Waals surface area contributed by atoms with Gasteiger partial charge in [0.15, 0.2) is 0 Å². The number of fused-ring (bicyclic) bond motifs is 4. The Bertz CT molecular complexity index is 1020. The monoisotopic (exact) mass is 320 g/mol. The van der Waals surface area contributed by atoms with Gasteiger partial charge in [-0.1, -0.05) is 24.3 Å². The summed E-state index contributed by atoms with van der Waals surface area (Å²) in [5.74, 6) is -1.06. The molecule has 5 heteroatoms. The molecule has 4 rings (SSSR count). The fourth-order valence-electron chi connectivity index (χ4n) is 3.19. The van der Waals surface area contributed by atoms with Gasteiger partial charge in [0, 0.05) is 12.0 Å². The van der Waals surface area contributed by atoms with E-state index in [2.05, 4.69) is 0 Å². The molecule has 1 aliphatic heterocycles. The Hall–Kier alpha value is -3.34. The van der Waals surface area contributed by atoms with Crippen LogP contribution < -0.4 is 4.74 Å². The first-order valence-corrected chi connectivity index (χ1v) is 7.37. The van der Waals surface area contributed by atoms with Crippen molar-refractivity contribution in [3.05, 3.63) is 70.8 Å². The summed E-state index contributed by atoms with van der Waals surface area (Å²) in [7, 11) is 0. The minimum Gasteiger partial charge on any atom is -0.478 e. The second-order valence-corrected chi connectivity index (χ2v) is 5.62. The van der Waals surface area contributed by atoms with Gasteiger partial charge in [-0.3, -0.25) is 0 Å². The van der Waals surface area contributed by atoms with Crippen molar-refractivity contribution < 1.29 is 24.5 Å². The van der Waals surface area contributed by atoms with Gasteiger partial charge in [0.1, 0.15) is 11.5 Å². The number of aromatic carboxylic acids is 2. The molecule has 5 nitrogen and oxygen atoms in total. The van der Waals surface area contributed by atoms with Crippen LogP contribution in [-0.2, 0) is 6.42 Å². The van der Waals surface area contributed by atoms with Gasteiger partial charge < -0.3 is 14.9 Å². The van der Waals surface area contributed by atoms with Crippen molar-refractivity contribution in [2.75, 3.05) is 0 Å². The molecule has 1 aliphatic rings. The van der Waals surface area contributed by atoms with E-state index in [9.17, 15) is 19.8 Å². The molecule has 0 saturated heterocycles. The summed E-state index contributed by atoms with van der Waals surface area (Å²) >= 11 is 0. The van der Waals surface area contributed by atoms with Gasteiger partial charge in [-0.15, -0.1) is 0 Å². The summed E-state index contributed by atoms with van der Waals surface area (Å²) in [5.41, 5.74) is 1.47. The Kier molecular flexibility index (Phi) is 3.03. The van der Waals surface area contributed by atoms with E-state index < -0.39 is 11.9 Å². The lowest BCUT2D eigenvalue weighted by atomic mass is 9.91. The molecular formula is C19H12O5. The number of ether oxygens (including phenoxy) is 1. The molecule has 0 fully saturated rings. The second-order valence-electron chi connectivity index (χ2n) is 5.62. The SMILES string of the molecule is O=C(O)c1ccc2c3c(ccc2c1C(=O)O)Oc1ccccc1C3. The maximum atomic E-state index is 11.6. The molecule has 2 N–H and O–H groups in total. The van der Waals surface area contributed by atoms with Crippen molar-refractivity contribution in [1.29, 1.82) is 0 Å². The van der Waals surface area contributed by atoms with Crippen molar-refractivity contribution in [3.63, 3.8) is 0 Å². The molecule has 0 aliphatic carbocycles. The summed E-state index contributed by atoms with van der Waals surface area (Å²) < 4.78 is 5.90. The molecule has 3 aromatic carbocycles. The number of carboxylic acid groups (broad SMARTS) is 2. The highest BCUT2D eigenvalue weighted by Gasteiger charge is 2.24. The molecule has 24 heavy (non-hydrogen) atoms. The lowest BCUT2D eigenvalue weighted by Gasteiger charge is -2.22. The van der Waals surface area contributed by atoms with Gasteiger partial charge >= 0.3 is 11.9 Å². The summed E-state index contributed by atoms with van der Waals surface area (Å²) in [5, 5.41) is 19.8. The van der Waals surface area contributed by atoms with E-state index in [1.54, 1.807) is 18.2 Å². The van der Waals surface area contributed by atoms with E-state index in [1.807, 2.05) is 24.3 Å². The van der Waals surface area contributed by atoms with Crippen molar-refractivity contribution in [2.45, 2.75) is 6.42 Å². The first-order valence-electron chi connectivity index (χ1n) is 7.37. The van der Waals surface area contributed by atoms with Crippen LogP contribution in [0.25, 0.3) is 10.8 Å². The molecule has 0 spiro atoms. The van der Waals surface area contributed by atoms with Crippen LogP contribution in [0, 0.1) is 0 Å². The fraction of sp³-hybridized carbons (Fsp3) is 0.0526. The van der Waals surface area contributed by atoms with Gasteiger partial charge in [-0.25, -0.2) is 9.59 Å². The maximum absolute atomic E-state index is 11.6. The summed E-state index contributed by atoms with van der Waals surface area (Å²) in [6, 6.07) is 14.0. The van der Waals surface area contributed by atoms with Crippen LogP contribution in [0.2, 0.25) is 0 Å². The van der Waals surface area contributed by atoms with Crippen molar-refractivity contribution in [1.82, 2.24) is 0 Å². The van der Waals surface area contributed by atoms with Gasteiger partial charge in [-0.2, -0.15) is 0 Å². The van der Waals surface area contributed by atoms with Crippen molar-refractivity contribution >= 4 is 22.7 Å². The Morgan fingerprint density at radius 2 is 1.58 bits per heavy atom. The van der Waals surface area contributed by atoms with Gasteiger partial charge in [0.05, 0.1) is 11.1 Å². The molecule has 0 unspecified atom stereocenters. The molecule has 0 saturated carbocycles. The molecular weight excluding hydrogens is 308 g/mol. The average Bonchev–Trinajstić information content (AvgIpc) is 2.58. The topological polar surface area (TPSA) is 83.8 Å². The van der Waals surface area contributed by atoms with Crippen LogP contribution in [0.4, 0.5) is 0 Å². The summed E-state index contributed by atoms with van der Waals surface area (Å²) in [6.45, 7) is 0. The number of hydrogen-bond donors (Lipinski definition) is 2. The highest BCUT2D eigenvalue weighted by atomic mass is 16.5. The number of rotatable bonds is 2. The highest BCUT2D eigenvalue weighted by Crippen LogP contribution is 2.41.